The number of unbranched alkanes of at least 4 members (excludes halogenated alkanes) is 4. The van der Waals surface area contributed by atoms with E-state index in [0.717, 1.165) is 30.1 Å². The van der Waals surface area contributed by atoms with Crippen molar-refractivity contribution in [2.45, 2.75) is 45.1 Å². The van der Waals surface area contributed by atoms with Gasteiger partial charge in [0.2, 0.25) is 0 Å². The minimum absolute atomic E-state index is 0.179. The summed E-state index contributed by atoms with van der Waals surface area (Å²) in [7, 11) is 3.27. The zero-order chi connectivity index (χ0) is 15.5. The van der Waals surface area contributed by atoms with Crippen molar-refractivity contribution in [3.63, 3.8) is 0 Å². The van der Waals surface area contributed by atoms with Gasteiger partial charge in [-0.15, -0.1) is 0 Å². The first-order valence-corrected chi connectivity index (χ1v) is 7.78. The fourth-order valence-corrected chi connectivity index (χ4v) is 2.23. The number of hydrogen-bond donors (Lipinski definition) is 1. The third kappa shape index (κ3) is 6.36. The van der Waals surface area contributed by atoms with E-state index < -0.39 is 0 Å². The summed E-state index contributed by atoms with van der Waals surface area (Å²) in [5, 5.41) is 0. The zero-order valence-corrected chi connectivity index (χ0v) is 13.6. The second-order valence-corrected chi connectivity index (χ2v) is 5.20. The van der Waals surface area contributed by atoms with E-state index in [1.165, 1.54) is 25.7 Å². The molecule has 0 bridgehead atoms. The summed E-state index contributed by atoms with van der Waals surface area (Å²) in [5.41, 5.74) is 7.13. The molecule has 0 amide bonds. The molecule has 0 aliphatic carbocycles. The van der Waals surface area contributed by atoms with Crippen molar-refractivity contribution in [2.24, 2.45) is 5.73 Å². The Kier molecular flexibility index (Phi) is 8.87. The molecule has 0 spiro atoms. The lowest BCUT2D eigenvalue weighted by molar-refractivity contribution is 0.116. The lowest BCUT2D eigenvalue weighted by Gasteiger charge is -2.16. The second kappa shape index (κ2) is 10.5. The van der Waals surface area contributed by atoms with Gasteiger partial charge in [-0.1, -0.05) is 32.6 Å². The highest BCUT2D eigenvalue weighted by atomic mass is 16.5. The van der Waals surface area contributed by atoms with Gasteiger partial charge in [0.05, 0.1) is 26.9 Å². The molecule has 0 aliphatic heterocycles. The monoisotopic (exact) mass is 295 g/mol. The molecule has 0 saturated carbocycles. The van der Waals surface area contributed by atoms with E-state index >= 15 is 0 Å². The van der Waals surface area contributed by atoms with Crippen molar-refractivity contribution in [3.05, 3.63) is 23.8 Å². The van der Waals surface area contributed by atoms with Crippen LogP contribution in [0.15, 0.2) is 18.2 Å². The van der Waals surface area contributed by atoms with Crippen LogP contribution >= 0.6 is 0 Å². The predicted molar refractivity (Wildman–Crippen MR) is 86.1 cm³/mol. The topological polar surface area (TPSA) is 53.7 Å². The van der Waals surface area contributed by atoms with E-state index in [1.54, 1.807) is 14.2 Å². The van der Waals surface area contributed by atoms with Crippen molar-refractivity contribution < 1.29 is 14.2 Å². The zero-order valence-electron chi connectivity index (χ0n) is 13.6. The van der Waals surface area contributed by atoms with Crippen molar-refractivity contribution in [3.8, 4) is 11.5 Å². The van der Waals surface area contributed by atoms with E-state index in [2.05, 4.69) is 6.92 Å². The number of nitrogens with two attached hydrogens (primary N) is 1. The van der Waals surface area contributed by atoms with Gasteiger partial charge >= 0.3 is 0 Å². The number of hydrogen-bond acceptors (Lipinski definition) is 4. The summed E-state index contributed by atoms with van der Waals surface area (Å²) < 4.78 is 16.2. The van der Waals surface area contributed by atoms with Gasteiger partial charge in [-0.3, -0.25) is 0 Å². The fourth-order valence-electron chi connectivity index (χ4n) is 2.23. The Morgan fingerprint density at radius 2 is 1.81 bits per heavy atom. The normalized spacial score (nSPS) is 12.2. The third-order valence-electron chi connectivity index (χ3n) is 3.53. The minimum atomic E-state index is -0.179. The van der Waals surface area contributed by atoms with Gasteiger partial charge < -0.3 is 19.9 Å². The maximum Gasteiger partial charge on any atom is 0.127 e. The highest BCUT2D eigenvalue weighted by Crippen LogP contribution is 2.28. The molecule has 1 rings (SSSR count). The van der Waals surface area contributed by atoms with E-state index in [1.807, 2.05) is 18.2 Å². The molecule has 0 saturated heterocycles. The largest absolute Gasteiger partial charge is 0.497 e. The van der Waals surface area contributed by atoms with Crippen LogP contribution in [0.25, 0.3) is 0 Å². The van der Waals surface area contributed by atoms with Crippen molar-refractivity contribution in [1.29, 1.82) is 0 Å². The molecule has 1 aromatic carbocycles. The van der Waals surface area contributed by atoms with E-state index in [-0.39, 0.29) is 6.04 Å². The molecule has 2 N–H and O–H groups in total. The van der Waals surface area contributed by atoms with Gasteiger partial charge in [0.25, 0.3) is 0 Å². The molecule has 1 unspecified atom stereocenters. The van der Waals surface area contributed by atoms with Crippen LogP contribution < -0.4 is 15.2 Å². The van der Waals surface area contributed by atoms with Gasteiger partial charge in [-0.2, -0.15) is 0 Å². The first kappa shape index (κ1) is 17.8. The summed E-state index contributed by atoms with van der Waals surface area (Å²) in [6.07, 6.45) is 6.20. The van der Waals surface area contributed by atoms with Crippen LogP contribution in [-0.2, 0) is 4.74 Å². The van der Waals surface area contributed by atoms with Gasteiger partial charge in [-0.05, 0) is 18.6 Å². The van der Waals surface area contributed by atoms with E-state index in [4.69, 9.17) is 19.9 Å². The molecule has 1 atom stereocenters. The summed E-state index contributed by atoms with van der Waals surface area (Å²) in [6, 6.07) is 5.50. The molecule has 0 radical (unpaired) electrons. The number of ether oxygens (including phenoxy) is 3. The lowest BCUT2D eigenvalue weighted by Crippen LogP contribution is -2.18. The Hall–Kier alpha value is -1.26. The molecule has 4 nitrogen and oxygen atoms in total. The number of methoxy groups -OCH3 is 2. The Morgan fingerprint density at radius 3 is 2.48 bits per heavy atom. The standard InChI is InChI=1S/C17H29NO3/c1-4-5-6-7-8-11-21-13-16(18)15-10-9-14(19-2)12-17(15)20-3/h9-10,12,16H,4-8,11,13,18H2,1-3H3. The molecule has 4 heteroatoms. The fraction of sp³-hybridized carbons (Fsp3) is 0.647. The van der Waals surface area contributed by atoms with E-state index in [9.17, 15) is 0 Å². The first-order valence-electron chi connectivity index (χ1n) is 7.78. The second-order valence-electron chi connectivity index (χ2n) is 5.20. The Bertz CT molecular complexity index is 396. The van der Waals surface area contributed by atoms with Gasteiger partial charge in [0.15, 0.2) is 0 Å². The maximum absolute atomic E-state index is 6.18. The average Bonchev–Trinajstić information content (AvgIpc) is 2.53. The maximum atomic E-state index is 6.18. The Morgan fingerprint density at radius 1 is 1.05 bits per heavy atom. The molecular weight excluding hydrogens is 266 g/mol. The lowest BCUT2D eigenvalue weighted by atomic mass is 10.1. The summed E-state index contributed by atoms with van der Waals surface area (Å²) in [5.74, 6) is 1.51. The molecule has 0 heterocycles. The first-order chi connectivity index (χ1) is 10.2. The Labute approximate surface area is 128 Å². The van der Waals surface area contributed by atoms with Crippen LogP contribution in [-0.4, -0.2) is 27.4 Å². The predicted octanol–water partition coefficient (Wildman–Crippen LogP) is 3.69. The third-order valence-corrected chi connectivity index (χ3v) is 3.53. The number of rotatable bonds is 11. The Balaban J connectivity index is 2.36. The SMILES string of the molecule is CCCCCCCOCC(N)c1ccc(OC)cc1OC. The van der Waals surface area contributed by atoms with Gasteiger partial charge in [-0.25, -0.2) is 0 Å². The highest BCUT2D eigenvalue weighted by Gasteiger charge is 2.13. The van der Waals surface area contributed by atoms with Crippen LogP contribution in [0.5, 0.6) is 11.5 Å². The molecule has 0 aliphatic rings. The van der Waals surface area contributed by atoms with E-state index in [0.29, 0.717) is 6.61 Å². The van der Waals surface area contributed by atoms with Crippen molar-refractivity contribution >= 4 is 0 Å². The van der Waals surface area contributed by atoms with Crippen LogP contribution in [0.2, 0.25) is 0 Å². The summed E-state index contributed by atoms with van der Waals surface area (Å²) >= 11 is 0. The van der Waals surface area contributed by atoms with Crippen LogP contribution in [0.1, 0.15) is 50.6 Å². The van der Waals surface area contributed by atoms with Crippen LogP contribution in [0.4, 0.5) is 0 Å². The molecule has 0 fully saturated rings. The molecule has 0 aromatic heterocycles. The van der Waals surface area contributed by atoms with Gasteiger partial charge in [0, 0.05) is 18.2 Å². The highest BCUT2D eigenvalue weighted by molar-refractivity contribution is 5.42. The molecular formula is C17H29NO3. The van der Waals surface area contributed by atoms with Crippen LogP contribution in [0.3, 0.4) is 0 Å². The molecule has 120 valence electrons. The smallest absolute Gasteiger partial charge is 0.127 e. The molecule has 21 heavy (non-hydrogen) atoms. The van der Waals surface area contributed by atoms with Gasteiger partial charge in [0.1, 0.15) is 11.5 Å². The quantitative estimate of drug-likeness (QED) is 0.633. The summed E-state index contributed by atoms with van der Waals surface area (Å²) in [4.78, 5) is 0. The number of benzene rings is 1. The minimum Gasteiger partial charge on any atom is -0.497 e. The van der Waals surface area contributed by atoms with Crippen molar-refractivity contribution in [2.75, 3.05) is 27.4 Å². The summed E-state index contributed by atoms with van der Waals surface area (Å²) in [6.45, 7) is 3.50. The van der Waals surface area contributed by atoms with Crippen LogP contribution in [0, 0.1) is 0 Å². The van der Waals surface area contributed by atoms with Crippen molar-refractivity contribution in [1.82, 2.24) is 0 Å². The average molecular weight is 295 g/mol. The molecule has 1 aromatic rings.